The van der Waals surface area contributed by atoms with Gasteiger partial charge in [0.2, 0.25) is 10.0 Å². The molecule has 1 unspecified atom stereocenters. The van der Waals surface area contributed by atoms with E-state index in [2.05, 4.69) is 41.5 Å². The zero-order valence-electron chi connectivity index (χ0n) is 15.2. The molecule has 0 amide bonds. The second-order valence-corrected chi connectivity index (χ2v) is 10.7. The van der Waals surface area contributed by atoms with Crippen LogP contribution in [0.4, 0.5) is 0 Å². The molecule has 0 bridgehead atoms. The van der Waals surface area contributed by atoms with Crippen LogP contribution in [0, 0.1) is 16.7 Å². The highest BCUT2D eigenvalue weighted by molar-refractivity contribution is 7.88. The molecule has 122 valence electrons. The zero-order valence-corrected chi connectivity index (χ0v) is 16.0. The molecule has 1 atom stereocenters. The van der Waals surface area contributed by atoms with Crippen molar-refractivity contribution in [2.75, 3.05) is 12.8 Å². The SMILES string of the molecule is CC(C(C)(C)C)C(C)(C)CCN(C(C)(C)C)S(C)(=O)=O. The number of hydrogen-bond acceptors (Lipinski definition) is 2. The van der Waals surface area contributed by atoms with Crippen molar-refractivity contribution >= 4 is 10.0 Å². The Morgan fingerprint density at radius 2 is 1.35 bits per heavy atom. The Labute approximate surface area is 127 Å². The summed E-state index contributed by atoms with van der Waals surface area (Å²) in [5, 5.41) is 0. The van der Waals surface area contributed by atoms with E-state index in [-0.39, 0.29) is 16.4 Å². The number of sulfonamides is 1. The van der Waals surface area contributed by atoms with E-state index < -0.39 is 10.0 Å². The van der Waals surface area contributed by atoms with Gasteiger partial charge in [-0.1, -0.05) is 41.5 Å². The fourth-order valence-electron chi connectivity index (χ4n) is 2.78. The van der Waals surface area contributed by atoms with E-state index in [0.29, 0.717) is 12.5 Å². The molecule has 0 heterocycles. The van der Waals surface area contributed by atoms with Crippen molar-refractivity contribution in [3.05, 3.63) is 0 Å². The summed E-state index contributed by atoms with van der Waals surface area (Å²) in [6.45, 7) is 19.9. The van der Waals surface area contributed by atoms with Crippen LogP contribution in [-0.2, 0) is 10.0 Å². The van der Waals surface area contributed by atoms with Gasteiger partial charge in [-0.25, -0.2) is 8.42 Å². The van der Waals surface area contributed by atoms with Gasteiger partial charge in [0.05, 0.1) is 6.26 Å². The van der Waals surface area contributed by atoms with Crippen molar-refractivity contribution in [2.45, 2.75) is 74.3 Å². The third kappa shape index (κ3) is 5.72. The lowest BCUT2D eigenvalue weighted by Gasteiger charge is -2.43. The Morgan fingerprint density at radius 1 is 0.950 bits per heavy atom. The van der Waals surface area contributed by atoms with E-state index in [9.17, 15) is 8.42 Å². The smallest absolute Gasteiger partial charge is 0.211 e. The summed E-state index contributed by atoms with van der Waals surface area (Å²) in [6, 6.07) is 0. The van der Waals surface area contributed by atoms with Gasteiger partial charge in [-0.05, 0) is 43.9 Å². The van der Waals surface area contributed by atoms with Gasteiger partial charge in [0.15, 0.2) is 0 Å². The van der Waals surface area contributed by atoms with Crippen molar-refractivity contribution in [1.82, 2.24) is 4.31 Å². The summed E-state index contributed by atoms with van der Waals surface area (Å²) in [5.41, 5.74) is -0.0395. The highest BCUT2D eigenvalue weighted by atomic mass is 32.2. The zero-order chi connectivity index (χ0) is 16.6. The summed E-state index contributed by atoms with van der Waals surface area (Å²) in [4.78, 5) is 0. The van der Waals surface area contributed by atoms with Crippen molar-refractivity contribution in [1.29, 1.82) is 0 Å². The molecule has 0 saturated heterocycles. The first kappa shape index (κ1) is 19.9. The lowest BCUT2D eigenvalue weighted by molar-refractivity contribution is 0.0825. The van der Waals surface area contributed by atoms with Crippen molar-refractivity contribution in [3.8, 4) is 0 Å². The number of hydrogen-bond donors (Lipinski definition) is 0. The van der Waals surface area contributed by atoms with E-state index in [1.165, 1.54) is 6.26 Å². The van der Waals surface area contributed by atoms with Gasteiger partial charge in [0.1, 0.15) is 0 Å². The quantitative estimate of drug-likeness (QED) is 0.765. The molecule has 20 heavy (non-hydrogen) atoms. The van der Waals surface area contributed by atoms with Crippen molar-refractivity contribution in [3.63, 3.8) is 0 Å². The third-order valence-corrected chi connectivity index (χ3v) is 6.11. The van der Waals surface area contributed by atoms with Crippen molar-refractivity contribution in [2.24, 2.45) is 16.7 Å². The van der Waals surface area contributed by atoms with Crippen LogP contribution in [0.2, 0.25) is 0 Å². The van der Waals surface area contributed by atoms with Gasteiger partial charge < -0.3 is 0 Å². The first-order valence-electron chi connectivity index (χ1n) is 7.47. The highest BCUT2D eigenvalue weighted by Gasteiger charge is 2.37. The molecule has 0 aliphatic heterocycles. The number of nitrogens with zero attached hydrogens (tertiary/aromatic N) is 1. The van der Waals surface area contributed by atoms with E-state index in [1.807, 2.05) is 20.8 Å². The van der Waals surface area contributed by atoms with Crippen LogP contribution < -0.4 is 0 Å². The normalized spacial score (nSPS) is 16.6. The fraction of sp³-hybridized carbons (Fsp3) is 1.00. The molecule has 0 aromatic carbocycles. The summed E-state index contributed by atoms with van der Waals surface area (Å²) < 4.78 is 25.6. The molecule has 0 saturated carbocycles. The molecule has 4 heteroatoms. The Kier molecular flexibility index (Phi) is 5.93. The second-order valence-electron chi connectivity index (χ2n) is 8.83. The predicted molar refractivity (Wildman–Crippen MR) is 88.3 cm³/mol. The molecule has 0 fully saturated rings. The first-order valence-corrected chi connectivity index (χ1v) is 9.32. The monoisotopic (exact) mass is 305 g/mol. The molecule has 0 aliphatic carbocycles. The van der Waals surface area contributed by atoms with Crippen LogP contribution in [-0.4, -0.2) is 31.1 Å². The first-order chi connectivity index (χ1) is 8.49. The van der Waals surface area contributed by atoms with E-state index in [0.717, 1.165) is 6.42 Å². The minimum absolute atomic E-state index is 0.104. The molecule has 0 rings (SSSR count). The highest BCUT2D eigenvalue weighted by Crippen LogP contribution is 2.42. The summed E-state index contributed by atoms with van der Waals surface area (Å²) >= 11 is 0. The Bertz CT molecular complexity index is 411. The minimum Gasteiger partial charge on any atom is -0.212 e. The predicted octanol–water partition coefficient (Wildman–Crippen LogP) is 4.15. The van der Waals surface area contributed by atoms with E-state index >= 15 is 0 Å². The molecule has 0 radical (unpaired) electrons. The maximum Gasteiger partial charge on any atom is 0.211 e. The lowest BCUT2D eigenvalue weighted by Crippen LogP contribution is -2.47. The van der Waals surface area contributed by atoms with Crippen LogP contribution >= 0.6 is 0 Å². The Morgan fingerprint density at radius 3 is 1.60 bits per heavy atom. The van der Waals surface area contributed by atoms with Gasteiger partial charge in [-0.15, -0.1) is 0 Å². The van der Waals surface area contributed by atoms with Gasteiger partial charge in [0.25, 0.3) is 0 Å². The largest absolute Gasteiger partial charge is 0.212 e. The van der Waals surface area contributed by atoms with Gasteiger partial charge in [-0.2, -0.15) is 4.31 Å². The molecular weight excluding hydrogens is 270 g/mol. The van der Waals surface area contributed by atoms with Crippen LogP contribution in [0.25, 0.3) is 0 Å². The lowest BCUT2D eigenvalue weighted by atomic mass is 9.65. The average molecular weight is 306 g/mol. The molecule has 0 aromatic heterocycles. The van der Waals surface area contributed by atoms with Crippen molar-refractivity contribution < 1.29 is 8.42 Å². The third-order valence-electron chi connectivity index (χ3n) is 4.58. The summed E-state index contributed by atoms with van der Waals surface area (Å²) in [5.74, 6) is 0.511. The second kappa shape index (κ2) is 5.96. The molecule has 0 aliphatic rings. The van der Waals surface area contributed by atoms with E-state index in [4.69, 9.17) is 0 Å². The topological polar surface area (TPSA) is 37.4 Å². The van der Waals surface area contributed by atoms with Crippen LogP contribution in [0.15, 0.2) is 0 Å². The van der Waals surface area contributed by atoms with Crippen LogP contribution in [0.1, 0.15) is 68.7 Å². The minimum atomic E-state index is -3.17. The standard InChI is InChI=1S/C16H35NO2S/c1-13(14(2,3)4)16(8,9)11-12-17(15(5,6)7)20(10,18)19/h13H,11-12H2,1-10H3. The summed E-state index contributed by atoms with van der Waals surface area (Å²) in [6.07, 6.45) is 2.17. The fourth-order valence-corrected chi connectivity index (χ4v) is 4.19. The average Bonchev–Trinajstić information content (AvgIpc) is 2.10. The van der Waals surface area contributed by atoms with Gasteiger partial charge in [0, 0.05) is 12.1 Å². The Hall–Kier alpha value is -0.0900. The maximum atomic E-state index is 12.0. The molecule has 0 aromatic rings. The maximum absolute atomic E-state index is 12.0. The summed E-state index contributed by atoms with van der Waals surface area (Å²) in [7, 11) is -3.17. The molecular formula is C16H35NO2S. The van der Waals surface area contributed by atoms with Gasteiger partial charge in [-0.3, -0.25) is 0 Å². The van der Waals surface area contributed by atoms with Crippen LogP contribution in [0.3, 0.4) is 0 Å². The van der Waals surface area contributed by atoms with Gasteiger partial charge >= 0.3 is 0 Å². The molecule has 0 N–H and O–H groups in total. The van der Waals surface area contributed by atoms with E-state index in [1.54, 1.807) is 4.31 Å². The Balaban J connectivity index is 5.07. The number of rotatable bonds is 5. The molecule has 3 nitrogen and oxygen atoms in total. The molecule has 0 spiro atoms. The van der Waals surface area contributed by atoms with Crippen LogP contribution in [0.5, 0.6) is 0 Å².